The number of para-hydroxylation sites is 1. The summed E-state index contributed by atoms with van der Waals surface area (Å²) in [5.74, 6) is -3.50. The molecule has 5 aromatic rings. The summed E-state index contributed by atoms with van der Waals surface area (Å²) < 4.78 is 81.0. The van der Waals surface area contributed by atoms with Crippen molar-refractivity contribution in [1.29, 1.82) is 0 Å². The van der Waals surface area contributed by atoms with E-state index in [9.17, 15) is 40.8 Å². The Morgan fingerprint density at radius 3 is 2.45 bits per heavy atom. The van der Waals surface area contributed by atoms with Crippen molar-refractivity contribution in [2.45, 2.75) is 75.9 Å². The number of hydrogen-bond donors (Lipinski definition) is 2. The minimum atomic E-state index is -4.56. The molecule has 62 heavy (non-hydrogen) atoms. The Balaban J connectivity index is 1.14. The van der Waals surface area contributed by atoms with Crippen molar-refractivity contribution in [2.75, 3.05) is 13.6 Å². The monoisotopic (exact) mass is 892 g/mol. The summed E-state index contributed by atoms with van der Waals surface area (Å²) in [6.07, 6.45) is -3.12. The van der Waals surface area contributed by atoms with Gasteiger partial charge < -0.3 is 19.4 Å². The molecule has 1 saturated heterocycles. The van der Waals surface area contributed by atoms with Crippen molar-refractivity contribution in [2.24, 2.45) is 23.2 Å². The number of benzene rings is 2. The van der Waals surface area contributed by atoms with Gasteiger partial charge in [-0.25, -0.2) is 18.4 Å². The predicted molar refractivity (Wildman–Crippen MR) is 222 cm³/mol. The molecule has 0 spiro atoms. The van der Waals surface area contributed by atoms with E-state index < -0.39 is 74.0 Å². The Hall–Kier alpha value is -5.69. The van der Waals surface area contributed by atoms with Gasteiger partial charge in [0, 0.05) is 48.6 Å². The van der Waals surface area contributed by atoms with Crippen LogP contribution < -0.4 is 14.8 Å². The second-order valence-corrected chi connectivity index (χ2v) is 19.4. The first-order chi connectivity index (χ1) is 29.4. The van der Waals surface area contributed by atoms with Crippen LogP contribution in [0, 0.1) is 23.2 Å². The van der Waals surface area contributed by atoms with Crippen LogP contribution in [0.2, 0.25) is 0 Å². The van der Waals surface area contributed by atoms with E-state index in [2.05, 4.69) is 31.6 Å². The van der Waals surface area contributed by atoms with Crippen molar-refractivity contribution >= 4 is 66.9 Å². The summed E-state index contributed by atoms with van der Waals surface area (Å²) in [7, 11) is -2.44. The Kier molecular flexibility index (Phi) is 11.2. The molecule has 0 unspecified atom stereocenters. The number of Topliss-reactive ketones (excluding diaryl/α,β-unsaturated/α-hetero) is 1. The fourth-order valence-corrected chi connectivity index (χ4v) is 10.3. The molecule has 19 heteroatoms. The van der Waals surface area contributed by atoms with Gasteiger partial charge in [-0.15, -0.1) is 17.9 Å². The molecule has 3 aromatic heterocycles. The van der Waals surface area contributed by atoms with Crippen molar-refractivity contribution in [3.63, 3.8) is 0 Å². The lowest BCUT2D eigenvalue weighted by Crippen LogP contribution is -2.47. The number of ether oxygens (including phenoxy) is 1. The van der Waals surface area contributed by atoms with Crippen molar-refractivity contribution in [1.82, 2.24) is 29.9 Å². The quantitative estimate of drug-likeness (QED) is 0.109. The van der Waals surface area contributed by atoms with Crippen LogP contribution in [0.1, 0.15) is 67.0 Å². The number of allylic oxidation sites excluding steroid dienone is 1. The highest BCUT2D eigenvalue weighted by atomic mass is 32.2. The molecule has 2 saturated carbocycles. The molecule has 4 heterocycles. The van der Waals surface area contributed by atoms with E-state index in [0.29, 0.717) is 34.3 Å². The zero-order valence-corrected chi connectivity index (χ0v) is 35.5. The van der Waals surface area contributed by atoms with Gasteiger partial charge in [-0.05, 0) is 55.4 Å². The van der Waals surface area contributed by atoms with Crippen LogP contribution in [-0.4, -0.2) is 82.8 Å². The summed E-state index contributed by atoms with van der Waals surface area (Å²) in [6.45, 7) is 7.42. The van der Waals surface area contributed by atoms with Gasteiger partial charge in [-0.2, -0.15) is 18.2 Å². The van der Waals surface area contributed by atoms with Crippen LogP contribution in [0.3, 0.4) is 0 Å². The molecule has 3 aliphatic rings. The number of nitrogens with one attached hydrogen (secondary N) is 2. The molecule has 2 aromatic carbocycles. The van der Waals surface area contributed by atoms with E-state index in [0.717, 1.165) is 12.1 Å². The number of halogens is 3. The molecule has 1 aliphatic heterocycles. The lowest BCUT2D eigenvalue weighted by molar-refractivity contribution is -0.143. The van der Waals surface area contributed by atoms with Gasteiger partial charge in [0.15, 0.2) is 11.6 Å². The average Bonchev–Trinajstić information content (AvgIpc) is 4.07. The number of aromatic nitrogens is 3. The third kappa shape index (κ3) is 8.31. The second kappa shape index (κ2) is 16.2. The van der Waals surface area contributed by atoms with Gasteiger partial charge in [0.25, 0.3) is 11.8 Å². The summed E-state index contributed by atoms with van der Waals surface area (Å²) in [5, 5.41) is 4.59. The fraction of sp³-hybridized carbons (Fsp3) is 0.419. The number of carbonyl (C=O) groups is 4. The lowest BCUT2D eigenvalue weighted by Gasteiger charge is -2.30. The number of furan rings is 1. The zero-order chi connectivity index (χ0) is 44.3. The van der Waals surface area contributed by atoms with Crippen LogP contribution in [0.4, 0.5) is 13.2 Å². The van der Waals surface area contributed by atoms with Gasteiger partial charge in [0.1, 0.15) is 22.9 Å². The molecular formula is C43H43F3N6O8S2. The molecule has 326 valence electrons. The molecule has 14 nitrogen and oxygen atoms in total. The number of rotatable bonds is 15. The first kappa shape index (κ1) is 43.0. The van der Waals surface area contributed by atoms with Gasteiger partial charge in [0.2, 0.25) is 27.4 Å². The van der Waals surface area contributed by atoms with Crippen LogP contribution >= 0.6 is 11.3 Å². The molecular weight excluding hydrogens is 850 g/mol. The number of thiazole rings is 1. The number of likely N-dealkylation sites (tertiary alicyclic amines) is 1. The largest absolute Gasteiger partial charge is 0.470 e. The molecule has 8 rings (SSSR count). The average molecular weight is 893 g/mol. The maximum atomic E-state index is 14.8. The highest BCUT2D eigenvalue weighted by Gasteiger charge is 2.61. The smallest absolute Gasteiger partial charge is 0.416 e. The summed E-state index contributed by atoms with van der Waals surface area (Å²) >= 11 is 1.23. The van der Waals surface area contributed by atoms with E-state index in [1.807, 2.05) is 13.8 Å². The minimum absolute atomic E-state index is 0.0454. The third-order valence-corrected chi connectivity index (χ3v) is 14.6. The predicted octanol–water partition coefficient (Wildman–Crippen LogP) is 6.50. The summed E-state index contributed by atoms with van der Waals surface area (Å²) in [4.78, 5) is 70.5. The first-order valence-electron chi connectivity index (χ1n) is 20.1. The van der Waals surface area contributed by atoms with Crippen molar-refractivity contribution in [3.05, 3.63) is 82.8 Å². The number of ketones is 1. The Bertz CT molecular complexity index is 2710. The highest BCUT2D eigenvalue weighted by Crippen LogP contribution is 2.57. The number of sulfonamides is 1. The van der Waals surface area contributed by atoms with Crippen LogP contribution in [-0.2, 0) is 37.0 Å². The number of carbonyl (C=O) groups excluding carboxylic acids is 4. The van der Waals surface area contributed by atoms with Gasteiger partial charge in [-0.3, -0.25) is 23.9 Å². The van der Waals surface area contributed by atoms with E-state index in [1.54, 1.807) is 29.6 Å². The van der Waals surface area contributed by atoms with E-state index in [1.165, 1.54) is 41.5 Å². The number of fused-ring (bicyclic) bond motifs is 3. The van der Waals surface area contributed by atoms with Gasteiger partial charge in [-0.1, -0.05) is 44.2 Å². The Morgan fingerprint density at radius 1 is 1.08 bits per heavy atom. The topological polar surface area (TPSA) is 191 Å². The van der Waals surface area contributed by atoms with E-state index in [4.69, 9.17) is 9.15 Å². The number of nitrogens with zero attached hydrogens (tertiary/aromatic N) is 4. The Morgan fingerprint density at radius 2 is 1.81 bits per heavy atom. The van der Waals surface area contributed by atoms with E-state index >= 15 is 0 Å². The standard InChI is InChI=1S/C43H43F3N6O8S2/c1-5-24-18-42(24,41(56)51-62(57,58)27-14-15-27)19-32(53)31-16-26(20-52(31)40(55)29(22(2)3)17-34-48-30(21-61-34)38(54)47-4)59-39-36-35(28-8-6-7-9-33(28)60-36)49-37(50-39)23-10-12-25(13-11-23)43(44,45)46/h5-13,21-22,24,26-27,29,31H,1,14-20H2,2-4H3,(H,47,54)(H,51,56)/t24-,26-,29+,31+,42-/m1/s1. The second-order valence-electron chi connectivity index (χ2n) is 16.5. The maximum Gasteiger partial charge on any atom is 0.416 e. The minimum Gasteiger partial charge on any atom is -0.470 e. The molecule has 3 fully saturated rings. The SMILES string of the molecule is C=C[C@@H]1C[C@]1(CC(=O)[C@@H]1C[C@@H](Oc2nc(-c3ccc(C(F)(F)F)cc3)nc3c2oc2ccccc23)CN1C(=O)[C@@H](Cc1nc(C(=O)NC)cs1)C(C)C)C(=O)NS(=O)(=O)C1CC1. The molecule has 2 aliphatic carbocycles. The van der Waals surface area contributed by atoms with Gasteiger partial charge in [0.05, 0.1) is 33.8 Å². The molecule has 5 atom stereocenters. The van der Waals surface area contributed by atoms with Crippen LogP contribution in [0.5, 0.6) is 5.88 Å². The molecule has 0 bridgehead atoms. The van der Waals surface area contributed by atoms with E-state index in [-0.39, 0.29) is 72.6 Å². The summed E-state index contributed by atoms with van der Waals surface area (Å²) in [5.41, 5.74) is -0.849. The van der Waals surface area contributed by atoms with Crippen molar-refractivity contribution in [3.8, 4) is 17.3 Å². The first-order valence-corrected chi connectivity index (χ1v) is 22.6. The van der Waals surface area contributed by atoms with Crippen LogP contribution in [0.15, 0.2) is 71.0 Å². The van der Waals surface area contributed by atoms with Crippen LogP contribution in [0.25, 0.3) is 33.5 Å². The highest BCUT2D eigenvalue weighted by molar-refractivity contribution is 7.90. The normalized spacial score (nSPS) is 21.9. The summed E-state index contributed by atoms with van der Waals surface area (Å²) in [6, 6.07) is 10.2. The molecule has 3 amide bonds. The number of hydrogen-bond acceptors (Lipinski definition) is 12. The molecule has 0 radical (unpaired) electrons. The molecule has 2 N–H and O–H groups in total. The number of amides is 3. The maximum absolute atomic E-state index is 14.8. The zero-order valence-electron chi connectivity index (χ0n) is 33.9. The van der Waals surface area contributed by atoms with Crippen molar-refractivity contribution < 1.29 is 49.9 Å². The fourth-order valence-electron chi connectivity index (χ4n) is 8.13. The lowest BCUT2D eigenvalue weighted by atomic mass is 9.89. The van der Waals surface area contributed by atoms with Gasteiger partial charge >= 0.3 is 6.18 Å². The number of alkyl halides is 3. The third-order valence-electron chi connectivity index (χ3n) is 11.9. The Labute approximate surface area is 358 Å².